The molecule has 0 radical (unpaired) electrons. The van der Waals surface area contributed by atoms with Crippen LogP contribution in [-0.4, -0.2) is 52.8 Å². The van der Waals surface area contributed by atoms with Crippen molar-refractivity contribution < 1.29 is 23.8 Å². The Bertz CT molecular complexity index is 430. The number of amides is 1. The molecule has 1 saturated carbocycles. The maximum absolute atomic E-state index is 14.1. The van der Waals surface area contributed by atoms with E-state index in [0.717, 1.165) is 19.3 Å². The van der Waals surface area contributed by atoms with Crippen LogP contribution in [0.15, 0.2) is 0 Å². The van der Waals surface area contributed by atoms with E-state index in [2.05, 4.69) is 6.92 Å². The minimum Gasteiger partial charge on any atom is -0.479 e. The van der Waals surface area contributed by atoms with Gasteiger partial charge in [0.2, 0.25) is 5.67 Å². The molecular weight excluding hydrogens is 289 g/mol. The summed E-state index contributed by atoms with van der Waals surface area (Å²) in [7, 11) is 0. The number of likely N-dealkylation sites (tertiary alicyclic amines) is 1. The molecule has 1 aliphatic carbocycles. The first-order valence-electron chi connectivity index (χ1n) is 8.22. The lowest BCUT2D eigenvalue weighted by atomic mass is 9.88. The van der Waals surface area contributed by atoms with Gasteiger partial charge in [0.1, 0.15) is 6.10 Å². The van der Waals surface area contributed by atoms with Gasteiger partial charge >= 0.3 is 5.97 Å². The Labute approximate surface area is 130 Å². The molecule has 4 atom stereocenters. The lowest BCUT2D eigenvalue weighted by Crippen LogP contribution is -2.44. The zero-order valence-corrected chi connectivity index (χ0v) is 13.4. The maximum atomic E-state index is 14.1. The zero-order valence-electron chi connectivity index (χ0n) is 13.4. The Balaban J connectivity index is 1.93. The first-order chi connectivity index (χ1) is 10.4. The highest BCUT2D eigenvalue weighted by Crippen LogP contribution is 2.29. The second kappa shape index (κ2) is 6.94. The molecule has 1 heterocycles. The molecule has 0 aromatic carbocycles. The van der Waals surface area contributed by atoms with E-state index in [4.69, 9.17) is 9.84 Å². The highest BCUT2D eigenvalue weighted by molar-refractivity contribution is 5.84. The van der Waals surface area contributed by atoms with Gasteiger partial charge in [-0.2, -0.15) is 0 Å². The van der Waals surface area contributed by atoms with Crippen LogP contribution in [0.1, 0.15) is 52.4 Å². The van der Waals surface area contributed by atoms with Gasteiger partial charge in [0, 0.05) is 13.0 Å². The second-order valence-electron chi connectivity index (χ2n) is 6.71. The van der Waals surface area contributed by atoms with Crippen molar-refractivity contribution in [2.45, 2.75) is 70.2 Å². The number of halogens is 1. The van der Waals surface area contributed by atoms with Gasteiger partial charge in [-0.15, -0.1) is 0 Å². The summed E-state index contributed by atoms with van der Waals surface area (Å²) >= 11 is 0. The summed E-state index contributed by atoms with van der Waals surface area (Å²) < 4.78 is 20.0. The Morgan fingerprint density at radius 3 is 2.73 bits per heavy atom. The van der Waals surface area contributed by atoms with Crippen LogP contribution in [0.4, 0.5) is 4.39 Å². The third-order valence-corrected chi connectivity index (χ3v) is 4.81. The summed E-state index contributed by atoms with van der Waals surface area (Å²) in [5.41, 5.74) is -2.31. The van der Waals surface area contributed by atoms with E-state index in [1.165, 1.54) is 11.3 Å². The number of hydrogen-bond acceptors (Lipinski definition) is 3. The second-order valence-corrected chi connectivity index (χ2v) is 6.71. The van der Waals surface area contributed by atoms with Crippen molar-refractivity contribution in [1.82, 2.24) is 4.90 Å². The van der Waals surface area contributed by atoms with Crippen LogP contribution in [0.2, 0.25) is 0 Å². The maximum Gasteiger partial charge on any atom is 0.343 e. The number of carbonyl (C=O) groups is 2. The van der Waals surface area contributed by atoms with Gasteiger partial charge in [-0.05, 0) is 25.2 Å². The van der Waals surface area contributed by atoms with Crippen molar-refractivity contribution in [2.75, 3.05) is 13.1 Å². The molecule has 2 aliphatic rings. The molecule has 0 aromatic heterocycles. The number of nitrogens with zero attached hydrogens (tertiary/aromatic N) is 1. The molecule has 1 N–H and O–H groups in total. The molecule has 4 unspecified atom stereocenters. The van der Waals surface area contributed by atoms with Crippen LogP contribution in [-0.2, 0) is 14.3 Å². The number of rotatable bonds is 5. The van der Waals surface area contributed by atoms with Gasteiger partial charge in [-0.3, -0.25) is 4.79 Å². The number of ether oxygens (including phenoxy) is 1. The highest BCUT2D eigenvalue weighted by Gasteiger charge is 2.47. The zero-order chi connectivity index (χ0) is 16.3. The lowest BCUT2D eigenvalue weighted by molar-refractivity contribution is -0.153. The number of alkyl halides is 1. The third-order valence-electron chi connectivity index (χ3n) is 4.81. The summed E-state index contributed by atoms with van der Waals surface area (Å²) in [6, 6.07) is 0. The van der Waals surface area contributed by atoms with Gasteiger partial charge in [0.15, 0.2) is 0 Å². The Morgan fingerprint density at radius 1 is 1.45 bits per heavy atom. The molecule has 1 amide bonds. The van der Waals surface area contributed by atoms with Crippen LogP contribution >= 0.6 is 0 Å². The summed E-state index contributed by atoms with van der Waals surface area (Å²) in [6.07, 6.45) is 4.06. The van der Waals surface area contributed by atoms with E-state index in [1.54, 1.807) is 0 Å². The molecule has 0 aromatic rings. The van der Waals surface area contributed by atoms with E-state index in [-0.39, 0.29) is 31.5 Å². The SMILES string of the molecule is CCC(OC1CCCC(C)C1)C(=O)N1CCC(F)(C(=O)O)C1. The van der Waals surface area contributed by atoms with Crippen LogP contribution in [0.25, 0.3) is 0 Å². The first kappa shape index (κ1) is 17.2. The van der Waals surface area contributed by atoms with Crippen molar-refractivity contribution >= 4 is 11.9 Å². The number of carbonyl (C=O) groups excluding carboxylic acids is 1. The van der Waals surface area contributed by atoms with Gasteiger partial charge in [0.25, 0.3) is 5.91 Å². The van der Waals surface area contributed by atoms with Crippen molar-refractivity contribution in [3.63, 3.8) is 0 Å². The van der Waals surface area contributed by atoms with Crippen molar-refractivity contribution in [3.05, 3.63) is 0 Å². The summed E-state index contributed by atoms with van der Waals surface area (Å²) in [5.74, 6) is -1.16. The normalized spacial score (nSPS) is 33.7. The van der Waals surface area contributed by atoms with Crippen molar-refractivity contribution in [3.8, 4) is 0 Å². The molecule has 1 aliphatic heterocycles. The molecule has 22 heavy (non-hydrogen) atoms. The van der Waals surface area contributed by atoms with Gasteiger partial charge in [0.05, 0.1) is 12.6 Å². The highest BCUT2D eigenvalue weighted by atomic mass is 19.1. The van der Waals surface area contributed by atoms with Crippen molar-refractivity contribution in [1.29, 1.82) is 0 Å². The van der Waals surface area contributed by atoms with E-state index in [1.807, 2.05) is 6.92 Å². The number of hydrogen-bond donors (Lipinski definition) is 1. The lowest BCUT2D eigenvalue weighted by Gasteiger charge is -2.31. The Hall–Kier alpha value is -1.17. The minimum absolute atomic E-state index is 0.0786. The number of aliphatic carboxylic acids is 1. The first-order valence-corrected chi connectivity index (χ1v) is 8.22. The molecular formula is C16H26FNO4. The van der Waals surface area contributed by atoms with Gasteiger partial charge in [-0.1, -0.05) is 26.7 Å². The minimum atomic E-state index is -2.31. The molecule has 2 rings (SSSR count). The third kappa shape index (κ3) is 3.77. The fourth-order valence-corrected chi connectivity index (χ4v) is 3.40. The Kier molecular flexibility index (Phi) is 5.42. The topological polar surface area (TPSA) is 66.8 Å². The average molecular weight is 315 g/mol. The van der Waals surface area contributed by atoms with Gasteiger partial charge in [-0.25, -0.2) is 9.18 Å². The van der Waals surface area contributed by atoms with E-state index in [0.29, 0.717) is 12.3 Å². The van der Waals surface area contributed by atoms with Crippen LogP contribution in [0.5, 0.6) is 0 Å². The van der Waals surface area contributed by atoms with Crippen LogP contribution in [0, 0.1) is 5.92 Å². The summed E-state index contributed by atoms with van der Waals surface area (Å²) in [6.45, 7) is 3.82. The predicted molar refractivity (Wildman–Crippen MR) is 79.3 cm³/mol. The molecule has 2 fully saturated rings. The summed E-state index contributed by atoms with van der Waals surface area (Å²) in [5, 5.41) is 8.91. The number of carboxylic acid groups (broad SMARTS) is 1. The van der Waals surface area contributed by atoms with E-state index < -0.39 is 17.7 Å². The smallest absolute Gasteiger partial charge is 0.343 e. The monoisotopic (exact) mass is 315 g/mol. The van der Waals surface area contributed by atoms with Gasteiger partial charge < -0.3 is 14.7 Å². The van der Waals surface area contributed by atoms with Crippen LogP contribution < -0.4 is 0 Å². The molecule has 126 valence electrons. The van der Waals surface area contributed by atoms with Crippen molar-refractivity contribution in [2.24, 2.45) is 5.92 Å². The fourth-order valence-electron chi connectivity index (χ4n) is 3.40. The summed E-state index contributed by atoms with van der Waals surface area (Å²) in [4.78, 5) is 24.7. The fraction of sp³-hybridized carbons (Fsp3) is 0.875. The molecule has 5 nitrogen and oxygen atoms in total. The molecule has 1 saturated heterocycles. The molecule has 0 bridgehead atoms. The molecule has 6 heteroatoms. The standard InChI is InChI=1S/C16H26FNO4/c1-3-13(22-12-6-4-5-11(2)9-12)14(19)18-8-7-16(17,10-18)15(20)21/h11-13H,3-10H2,1-2H3,(H,20,21). The van der Waals surface area contributed by atoms with Crippen LogP contribution in [0.3, 0.4) is 0 Å². The largest absolute Gasteiger partial charge is 0.479 e. The molecule has 0 spiro atoms. The average Bonchev–Trinajstić information content (AvgIpc) is 2.88. The van der Waals surface area contributed by atoms with E-state index >= 15 is 0 Å². The Morgan fingerprint density at radius 2 is 2.18 bits per heavy atom. The predicted octanol–water partition coefficient (Wildman–Crippen LogP) is 2.39. The number of carboxylic acids is 1. The quantitative estimate of drug-likeness (QED) is 0.846. The van der Waals surface area contributed by atoms with E-state index in [9.17, 15) is 14.0 Å².